The normalized spacial score (nSPS) is 24.1. The Morgan fingerprint density at radius 1 is 1.39 bits per heavy atom. The Labute approximate surface area is 115 Å². The summed E-state index contributed by atoms with van der Waals surface area (Å²) in [6.07, 6.45) is 2.12. The molecule has 2 rings (SSSR count). The number of carbonyl (C=O) groups excluding carboxylic acids is 1. The summed E-state index contributed by atoms with van der Waals surface area (Å²) in [5.41, 5.74) is 0.158. The Balaban J connectivity index is 2.27. The van der Waals surface area contributed by atoms with Crippen LogP contribution in [0.15, 0.2) is 22.7 Å². The third-order valence-corrected chi connectivity index (χ3v) is 4.03. The van der Waals surface area contributed by atoms with Gasteiger partial charge in [-0.2, -0.15) is 0 Å². The van der Waals surface area contributed by atoms with Gasteiger partial charge in [0, 0.05) is 17.1 Å². The number of rotatable bonds is 1. The highest BCUT2D eigenvalue weighted by atomic mass is 79.9. The van der Waals surface area contributed by atoms with Crippen LogP contribution in [0.4, 0.5) is 4.39 Å². The predicted octanol–water partition coefficient (Wildman–Crippen LogP) is 3.85. The van der Waals surface area contributed by atoms with Crippen LogP contribution in [0, 0.1) is 11.7 Å². The van der Waals surface area contributed by atoms with E-state index in [9.17, 15) is 9.18 Å². The van der Waals surface area contributed by atoms with E-state index >= 15 is 0 Å². The lowest BCUT2D eigenvalue weighted by Crippen LogP contribution is -2.45. The topological polar surface area (TPSA) is 20.3 Å². The summed E-state index contributed by atoms with van der Waals surface area (Å²) in [5, 5.41) is 0. The zero-order valence-electron chi connectivity index (χ0n) is 10.6. The monoisotopic (exact) mass is 313 g/mol. The summed E-state index contributed by atoms with van der Waals surface area (Å²) in [5.74, 6) is -0.165. The van der Waals surface area contributed by atoms with Crippen molar-refractivity contribution >= 4 is 21.8 Å². The summed E-state index contributed by atoms with van der Waals surface area (Å²) < 4.78 is 14.5. The number of piperidine rings is 1. The number of hydrogen-bond acceptors (Lipinski definition) is 1. The third kappa shape index (κ3) is 2.74. The summed E-state index contributed by atoms with van der Waals surface area (Å²) in [6, 6.07) is 4.68. The lowest BCUT2D eigenvalue weighted by atomic mass is 9.94. The summed E-state index contributed by atoms with van der Waals surface area (Å²) in [4.78, 5) is 14.2. The minimum atomic E-state index is -0.450. The van der Waals surface area contributed by atoms with Crippen molar-refractivity contribution < 1.29 is 9.18 Å². The maximum absolute atomic E-state index is 13.7. The quantitative estimate of drug-likeness (QED) is 0.771. The van der Waals surface area contributed by atoms with E-state index in [2.05, 4.69) is 22.9 Å². The molecule has 0 aliphatic carbocycles. The molecule has 1 aromatic rings. The molecular formula is C14H17BrFNO. The summed E-state index contributed by atoms with van der Waals surface area (Å²) >= 11 is 3.28. The lowest BCUT2D eigenvalue weighted by Gasteiger charge is -2.37. The number of carbonyl (C=O) groups is 1. The van der Waals surface area contributed by atoms with Gasteiger partial charge < -0.3 is 4.90 Å². The second kappa shape index (κ2) is 5.39. The molecule has 1 amide bonds. The standard InChI is InChI=1S/C14H17BrFNO/c1-9-3-4-10(2)17(8-9)14(18)12-7-11(15)5-6-13(12)16/h5-7,9-10H,3-4,8H2,1-2H3. The molecule has 0 N–H and O–H groups in total. The van der Waals surface area contributed by atoms with Crippen molar-refractivity contribution in [1.29, 1.82) is 0 Å². The van der Waals surface area contributed by atoms with E-state index in [1.807, 2.05) is 6.92 Å². The molecule has 1 aliphatic heterocycles. The molecule has 0 radical (unpaired) electrons. The molecular weight excluding hydrogens is 297 g/mol. The molecule has 1 aromatic carbocycles. The highest BCUT2D eigenvalue weighted by Crippen LogP contribution is 2.25. The number of hydrogen-bond donors (Lipinski definition) is 0. The molecule has 0 bridgehead atoms. The maximum atomic E-state index is 13.7. The van der Waals surface area contributed by atoms with Gasteiger partial charge in [0.15, 0.2) is 0 Å². The molecule has 0 spiro atoms. The fourth-order valence-corrected chi connectivity index (χ4v) is 2.75. The Kier molecular flexibility index (Phi) is 4.05. The molecule has 98 valence electrons. The van der Waals surface area contributed by atoms with Gasteiger partial charge in [-0.15, -0.1) is 0 Å². The molecule has 2 unspecified atom stereocenters. The fraction of sp³-hybridized carbons (Fsp3) is 0.500. The number of amides is 1. The van der Waals surface area contributed by atoms with Crippen LogP contribution in [-0.4, -0.2) is 23.4 Å². The highest BCUT2D eigenvalue weighted by molar-refractivity contribution is 9.10. The van der Waals surface area contributed by atoms with E-state index in [1.54, 1.807) is 17.0 Å². The molecule has 1 saturated heterocycles. The molecule has 1 heterocycles. The van der Waals surface area contributed by atoms with Crippen molar-refractivity contribution in [2.24, 2.45) is 5.92 Å². The number of benzene rings is 1. The average molecular weight is 314 g/mol. The van der Waals surface area contributed by atoms with E-state index in [0.29, 0.717) is 12.5 Å². The summed E-state index contributed by atoms with van der Waals surface area (Å²) in [6.45, 7) is 4.87. The second-order valence-electron chi connectivity index (χ2n) is 5.11. The zero-order chi connectivity index (χ0) is 13.3. The van der Waals surface area contributed by atoms with Crippen LogP contribution in [-0.2, 0) is 0 Å². The van der Waals surface area contributed by atoms with Crippen LogP contribution in [0.3, 0.4) is 0 Å². The van der Waals surface area contributed by atoms with E-state index in [1.165, 1.54) is 6.07 Å². The van der Waals surface area contributed by atoms with Gasteiger partial charge in [0.25, 0.3) is 5.91 Å². The van der Waals surface area contributed by atoms with E-state index in [0.717, 1.165) is 17.3 Å². The van der Waals surface area contributed by atoms with Crippen molar-refractivity contribution in [2.75, 3.05) is 6.54 Å². The predicted molar refractivity (Wildman–Crippen MR) is 73.0 cm³/mol. The van der Waals surface area contributed by atoms with Crippen molar-refractivity contribution in [3.63, 3.8) is 0 Å². The average Bonchev–Trinajstić information content (AvgIpc) is 2.34. The molecule has 1 aliphatic rings. The molecule has 0 aromatic heterocycles. The van der Waals surface area contributed by atoms with Crippen molar-refractivity contribution in [2.45, 2.75) is 32.7 Å². The van der Waals surface area contributed by atoms with Gasteiger partial charge in [-0.25, -0.2) is 4.39 Å². The van der Waals surface area contributed by atoms with E-state index < -0.39 is 5.82 Å². The van der Waals surface area contributed by atoms with Gasteiger partial charge in [-0.05, 0) is 43.9 Å². The van der Waals surface area contributed by atoms with Crippen LogP contribution in [0.5, 0.6) is 0 Å². The van der Waals surface area contributed by atoms with Gasteiger partial charge in [0.1, 0.15) is 5.82 Å². The molecule has 1 fully saturated rings. The molecule has 0 saturated carbocycles. The van der Waals surface area contributed by atoms with Gasteiger partial charge in [0.05, 0.1) is 5.56 Å². The zero-order valence-corrected chi connectivity index (χ0v) is 12.2. The first kappa shape index (κ1) is 13.5. The smallest absolute Gasteiger partial charge is 0.257 e. The van der Waals surface area contributed by atoms with Gasteiger partial charge in [-0.1, -0.05) is 22.9 Å². The molecule has 2 nitrogen and oxygen atoms in total. The summed E-state index contributed by atoms with van der Waals surface area (Å²) in [7, 11) is 0. The second-order valence-corrected chi connectivity index (χ2v) is 6.03. The Bertz CT molecular complexity index is 463. The first-order chi connectivity index (χ1) is 8.49. The van der Waals surface area contributed by atoms with Crippen LogP contribution < -0.4 is 0 Å². The van der Waals surface area contributed by atoms with Crippen molar-refractivity contribution in [3.05, 3.63) is 34.1 Å². The third-order valence-electron chi connectivity index (χ3n) is 3.54. The van der Waals surface area contributed by atoms with Gasteiger partial charge in [0.2, 0.25) is 0 Å². The van der Waals surface area contributed by atoms with Crippen molar-refractivity contribution in [1.82, 2.24) is 4.90 Å². The van der Waals surface area contributed by atoms with Gasteiger partial charge >= 0.3 is 0 Å². The number of nitrogens with zero attached hydrogens (tertiary/aromatic N) is 1. The van der Waals surface area contributed by atoms with Crippen molar-refractivity contribution in [3.8, 4) is 0 Å². The van der Waals surface area contributed by atoms with E-state index in [-0.39, 0.29) is 17.5 Å². The van der Waals surface area contributed by atoms with Crippen LogP contribution in [0.25, 0.3) is 0 Å². The fourth-order valence-electron chi connectivity index (χ4n) is 2.39. The highest BCUT2D eigenvalue weighted by Gasteiger charge is 2.29. The largest absolute Gasteiger partial charge is 0.336 e. The Morgan fingerprint density at radius 3 is 2.83 bits per heavy atom. The van der Waals surface area contributed by atoms with Crippen LogP contribution >= 0.6 is 15.9 Å². The number of likely N-dealkylation sites (tertiary alicyclic amines) is 1. The molecule has 2 atom stereocenters. The van der Waals surface area contributed by atoms with E-state index in [4.69, 9.17) is 0 Å². The van der Waals surface area contributed by atoms with Crippen LogP contribution in [0.2, 0.25) is 0 Å². The Hall–Kier alpha value is -0.900. The Morgan fingerprint density at radius 2 is 2.11 bits per heavy atom. The molecule has 4 heteroatoms. The van der Waals surface area contributed by atoms with Crippen LogP contribution in [0.1, 0.15) is 37.0 Å². The first-order valence-corrected chi connectivity index (χ1v) is 7.04. The minimum absolute atomic E-state index is 0.158. The maximum Gasteiger partial charge on any atom is 0.257 e. The SMILES string of the molecule is CC1CCC(C)N(C(=O)c2cc(Br)ccc2F)C1. The first-order valence-electron chi connectivity index (χ1n) is 6.25. The van der Waals surface area contributed by atoms with Gasteiger partial charge in [-0.3, -0.25) is 4.79 Å². The molecule has 18 heavy (non-hydrogen) atoms. The lowest BCUT2D eigenvalue weighted by molar-refractivity contribution is 0.0569. The number of halogens is 2. The minimum Gasteiger partial charge on any atom is -0.336 e.